The van der Waals surface area contributed by atoms with Crippen molar-refractivity contribution in [3.63, 3.8) is 0 Å². The molecule has 3 aliphatic carbocycles. The van der Waals surface area contributed by atoms with E-state index < -0.39 is 23.5 Å². The number of nitrogens with zero attached hydrogens (tertiary/aromatic N) is 4. The van der Waals surface area contributed by atoms with Gasteiger partial charge in [-0.25, -0.2) is 9.67 Å². The van der Waals surface area contributed by atoms with Crippen LogP contribution in [-0.2, 0) is 24.9 Å². The number of hydrogen-bond donors (Lipinski definition) is 2. The van der Waals surface area contributed by atoms with E-state index in [1.807, 2.05) is 44.4 Å². The molecule has 2 N–H and O–H groups in total. The first kappa shape index (κ1) is 33.8. The molecule has 11 nitrogen and oxygen atoms in total. The second-order valence-corrected chi connectivity index (χ2v) is 17.1. The maximum atomic E-state index is 14.3. The zero-order valence-corrected chi connectivity index (χ0v) is 30.8. The van der Waals surface area contributed by atoms with Crippen molar-refractivity contribution in [1.29, 1.82) is 0 Å². The Morgan fingerprint density at radius 2 is 1.94 bits per heavy atom. The fraction of sp³-hybridized carbons (Fsp3) is 0.538. The van der Waals surface area contributed by atoms with E-state index in [9.17, 15) is 14.4 Å². The van der Waals surface area contributed by atoms with Crippen LogP contribution in [0.1, 0.15) is 82.4 Å². The minimum absolute atomic E-state index is 0.0577. The number of carbonyl (C=O) groups excluding carboxylic acids is 3. The molecule has 3 amide bonds. The number of allylic oxidation sites excluding steroid dienone is 1. The van der Waals surface area contributed by atoms with Crippen LogP contribution in [0.15, 0.2) is 42.6 Å². The van der Waals surface area contributed by atoms with Gasteiger partial charge in [-0.3, -0.25) is 19.6 Å². The molecule has 1 aromatic carbocycles. The van der Waals surface area contributed by atoms with Gasteiger partial charge in [0, 0.05) is 42.7 Å². The number of benzene rings is 1. The lowest BCUT2D eigenvalue weighted by Gasteiger charge is -2.28. The van der Waals surface area contributed by atoms with Crippen LogP contribution in [0.4, 0.5) is 0 Å². The van der Waals surface area contributed by atoms with E-state index in [2.05, 4.69) is 41.2 Å². The predicted octanol–water partition coefficient (Wildman–Crippen LogP) is 4.86. The predicted molar refractivity (Wildman–Crippen MR) is 196 cm³/mol. The molecule has 0 unspecified atom stereocenters. The minimum Gasteiger partial charge on any atom is -0.496 e. The number of rotatable bonds is 6. The summed E-state index contributed by atoms with van der Waals surface area (Å²) in [4.78, 5) is 48.9. The van der Waals surface area contributed by atoms with Gasteiger partial charge in [0.05, 0.1) is 30.2 Å². The molecule has 4 heterocycles. The maximum absolute atomic E-state index is 14.3. The average molecular weight is 712 g/mol. The second kappa shape index (κ2) is 12.7. The summed E-state index contributed by atoms with van der Waals surface area (Å²) in [7, 11) is 3.13. The number of amides is 3. The van der Waals surface area contributed by atoms with E-state index in [0.29, 0.717) is 43.1 Å². The zero-order valence-electron chi connectivity index (χ0n) is 30.0. The third kappa shape index (κ3) is 6.20. The third-order valence-electron chi connectivity index (χ3n) is 11.4. The average Bonchev–Trinajstić information content (AvgIpc) is 4.05. The number of pyridine rings is 1. The first-order valence-electron chi connectivity index (χ1n) is 18.3. The molecular weight excluding hydrogens is 665 g/mol. The van der Waals surface area contributed by atoms with E-state index in [1.165, 1.54) is 0 Å². The fourth-order valence-corrected chi connectivity index (χ4v) is 9.64. The fourth-order valence-electron chi connectivity index (χ4n) is 7.86. The van der Waals surface area contributed by atoms with Crippen molar-refractivity contribution in [2.24, 2.45) is 17.8 Å². The van der Waals surface area contributed by atoms with Gasteiger partial charge in [-0.15, -0.1) is 0 Å². The zero-order chi connectivity index (χ0) is 35.7. The van der Waals surface area contributed by atoms with Gasteiger partial charge in [0.2, 0.25) is 17.7 Å². The number of hydrogen-bond acceptors (Lipinski definition) is 8. The number of aryl methyl sites for hydroxylation is 1. The van der Waals surface area contributed by atoms with Crippen LogP contribution in [0.5, 0.6) is 11.5 Å². The molecule has 1 spiro atoms. The molecular formula is C39H47N6O5S-. The van der Waals surface area contributed by atoms with Crippen LogP contribution in [-0.4, -0.2) is 74.5 Å². The van der Waals surface area contributed by atoms with Crippen molar-refractivity contribution in [1.82, 2.24) is 29.7 Å². The molecule has 2 aliphatic heterocycles. The van der Waals surface area contributed by atoms with Crippen molar-refractivity contribution in [2.45, 2.75) is 94.4 Å². The monoisotopic (exact) mass is 711 g/mol. The standard InChI is InChI=1S/C39H47N6O5S/c1-23(2)30-13-17-45(42-30)33-20-32(27-11-12-31(49-5)24(3)34(27)40-33)50-26-18-28-29(19-26)36(47)44(4)16-9-7-6-8-10-25-21-39(25,41-35(28)46)37(48)43-51-22-38(51)14-15-38/h8,10-13,17,20,23,25-26,28-29H,6-7,9,14-16,18-19,21H2,1-5H3,(H,41,46)(H,43,48)/q-1/b10-8-/t25-,26-,28-,29-,39-/m1/s1. The Morgan fingerprint density at radius 3 is 2.67 bits per heavy atom. The topological polar surface area (TPSA) is 128 Å². The molecule has 51 heavy (non-hydrogen) atoms. The SMILES string of the molecule is COc1ccc2c(O[C@@H]3C[C@H]4C(=O)N[C@]5(C(=O)N[S-]6#CC67CC7)C[C@H]5/C=C\CCCCN(C)C(=O)[C@@H]4C3)cc(-n3ccc(C(C)C)n3)nc2c1C. The summed E-state index contributed by atoms with van der Waals surface area (Å²) in [6.45, 7) is 6.79. The Balaban J connectivity index is 1.10. The lowest BCUT2D eigenvalue weighted by Crippen LogP contribution is -2.53. The highest BCUT2D eigenvalue weighted by molar-refractivity contribution is 7.93. The van der Waals surface area contributed by atoms with Gasteiger partial charge in [0.1, 0.15) is 23.1 Å². The molecule has 5 aliphatic rings. The quantitative estimate of drug-likeness (QED) is 0.276. The van der Waals surface area contributed by atoms with Crippen molar-refractivity contribution in [3.05, 3.63) is 53.9 Å². The van der Waals surface area contributed by atoms with Gasteiger partial charge in [0.25, 0.3) is 0 Å². The van der Waals surface area contributed by atoms with Crippen molar-refractivity contribution in [3.8, 4) is 22.5 Å². The molecule has 0 radical (unpaired) electrons. The number of carbonyl (C=O) groups is 3. The Kier molecular flexibility index (Phi) is 8.45. The Labute approximate surface area is 301 Å². The van der Waals surface area contributed by atoms with Crippen LogP contribution >= 0.6 is 0 Å². The number of methoxy groups -OCH3 is 1. The number of ether oxygens (including phenoxy) is 2. The van der Waals surface area contributed by atoms with Gasteiger partial charge in [-0.05, 0) is 69.6 Å². The normalized spacial score (nSPS) is 28.9. The highest BCUT2D eigenvalue weighted by Gasteiger charge is 2.61. The number of fused-ring (bicyclic) bond motifs is 3. The van der Waals surface area contributed by atoms with Crippen molar-refractivity contribution < 1.29 is 23.9 Å². The van der Waals surface area contributed by atoms with Gasteiger partial charge in [-0.2, -0.15) is 5.10 Å². The van der Waals surface area contributed by atoms with Gasteiger partial charge in [-0.1, -0.05) is 43.6 Å². The highest BCUT2D eigenvalue weighted by atomic mass is 32.2. The Hall–Kier alpha value is -4.28. The summed E-state index contributed by atoms with van der Waals surface area (Å²) in [5, 5.41) is 12.2. The minimum atomic E-state index is -1.01. The molecule has 8 rings (SSSR count). The third-order valence-corrected chi connectivity index (χ3v) is 13.5. The molecule has 2 aromatic heterocycles. The Morgan fingerprint density at radius 1 is 1.14 bits per heavy atom. The first-order valence-corrected chi connectivity index (χ1v) is 19.5. The number of nitrogens with one attached hydrogen (secondary N) is 2. The molecule has 5 atom stereocenters. The summed E-state index contributed by atoms with van der Waals surface area (Å²) in [6.07, 6.45) is 11.8. The summed E-state index contributed by atoms with van der Waals surface area (Å²) in [5.41, 5.74) is 1.55. The molecule has 12 heteroatoms. The van der Waals surface area contributed by atoms with E-state index in [-0.39, 0.29) is 44.8 Å². The lowest BCUT2D eigenvalue weighted by atomic mass is 9.93. The molecule has 3 saturated carbocycles. The molecule has 3 aromatic rings. The molecule has 0 saturated heterocycles. The van der Waals surface area contributed by atoms with Crippen LogP contribution in [0, 0.1) is 29.9 Å². The van der Waals surface area contributed by atoms with Gasteiger partial charge < -0.3 is 34.9 Å². The van der Waals surface area contributed by atoms with Crippen LogP contribution in [0.3, 0.4) is 0 Å². The van der Waals surface area contributed by atoms with E-state index in [1.54, 1.807) is 16.7 Å². The van der Waals surface area contributed by atoms with Gasteiger partial charge >= 0.3 is 0 Å². The summed E-state index contributed by atoms with van der Waals surface area (Å²) < 4.78 is 17.5. The van der Waals surface area contributed by atoms with Crippen LogP contribution in [0.25, 0.3) is 16.7 Å². The second-order valence-electron chi connectivity index (χ2n) is 15.3. The Bertz CT molecular complexity index is 2060. The molecule has 0 bridgehead atoms. The lowest BCUT2D eigenvalue weighted by molar-refractivity contribution is -0.140. The van der Waals surface area contributed by atoms with Crippen LogP contribution < -0.4 is 19.5 Å². The largest absolute Gasteiger partial charge is 0.496 e. The highest BCUT2D eigenvalue weighted by Crippen LogP contribution is 2.51. The summed E-state index contributed by atoms with van der Waals surface area (Å²) >= 11 is 0. The van der Waals surface area contributed by atoms with E-state index in [4.69, 9.17) is 19.6 Å². The molecule has 3 fully saturated rings. The van der Waals surface area contributed by atoms with E-state index in [0.717, 1.165) is 54.3 Å². The van der Waals surface area contributed by atoms with Crippen molar-refractivity contribution in [2.75, 3.05) is 20.7 Å². The molecule has 270 valence electrons. The number of aromatic nitrogens is 3. The maximum Gasteiger partial charge on any atom is 0.227 e. The first-order chi connectivity index (χ1) is 24.5. The summed E-state index contributed by atoms with van der Waals surface area (Å²) in [5.74, 6) is 0.426. The van der Waals surface area contributed by atoms with Gasteiger partial charge in [0.15, 0.2) is 5.82 Å². The van der Waals surface area contributed by atoms with Crippen molar-refractivity contribution >= 4 is 39.1 Å². The smallest absolute Gasteiger partial charge is 0.227 e. The van der Waals surface area contributed by atoms with Crippen LogP contribution in [0.2, 0.25) is 0 Å². The summed E-state index contributed by atoms with van der Waals surface area (Å²) in [6, 6.07) is 7.72. The van der Waals surface area contributed by atoms with E-state index >= 15 is 0 Å².